The van der Waals surface area contributed by atoms with Crippen LogP contribution in [0.1, 0.15) is 37.0 Å². The Balaban J connectivity index is 2.14. The van der Waals surface area contributed by atoms with E-state index >= 15 is 0 Å². The van der Waals surface area contributed by atoms with E-state index in [1.165, 1.54) is 0 Å². The number of ether oxygens (including phenoxy) is 3. The molecule has 0 aliphatic rings. The van der Waals surface area contributed by atoms with Crippen molar-refractivity contribution in [1.29, 1.82) is 0 Å². The number of hydrogen-bond acceptors (Lipinski definition) is 4. The lowest BCUT2D eigenvalue weighted by atomic mass is 10.1. The topological polar surface area (TPSA) is 56.8 Å². The number of anilines is 1. The van der Waals surface area contributed by atoms with Crippen molar-refractivity contribution in [3.63, 3.8) is 0 Å². The van der Waals surface area contributed by atoms with E-state index in [1.807, 2.05) is 31.2 Å². The van der Waals surface area contributed by atoms with E-state index in [1.54, 1.807) is 25.3 Å². The van der Waals surface area contributed by atoms with Gasteiger partial charge in [0.2, 0.25) is 0 Å². The van der Waals surface area contributed by atoms with Crippen LogP contribution in [0.3, 0.4) is 0 Å². The number of methoxy groups -OCH3 is 1. The maximum absolute atomic E-state index is 12.5. The zero-order chi connectivity index (χ0) is 18.1. The molecule has 0 unspecified atom stereocenters. The third-order valence-electron chi connectivity index (χ3n) is 3.62. The van der Waals surface area contributed by atoms with E-state index in [-0.39, 0.29) is 5.91 Å². The molecule has 0 saturated carbocycles. The van der Waals surface area contributed by atoms with Crippen molar-refractivity contribution in [2.45, 2.75) is 26.7 Å². The highest BCUT2D eigenvalue weighted by Crippen LogP contribution is 2.29. The van der Waals surface area contributed by atoms with E-state index in [0.29, 0.717) is 41.7 Å². The van der Waals surface area contributed by atoms with Crippen molar-refractivity contribution in [3.8, 4) is 17.2 Å². The predicted octanol–water partition coefficient (Wildman–Crippen LogP) is 4.53. The lowest BCUT2D eigenvalue weighted by molar-refractivity contribution is 0.102. The van der Waals surface area contributed by atoms with Crippen LogP contribution in [0, 0.1) is 0 Å². The molecule has 2 aromatic carbocycles. The second-order valence-electron chi connectivity index (χ2n) is 5.45. The van der Waals surface area contributed by atoms with Crippen LogP contribution in [0.15, 0.2) is 42.5 Å². The van der Waals surface area contributed by atoms with Crippen LogP contribution in [0.2, 0.25) is 0 Å². The summed E-state index contributed by atoms with van der Waals surface area (Å²) in [4.78, 5) is 12.5. The minimum atomic E-state index is -0.231. The van der Waals surface area contributed by atoms with Gasteiger partial charge >= 0.3 is 0 Å². The van der Waals surface area contributed by atoms with Crippen LogP contribution in [-0.4, -0.2) is 26.2 Å². The summed E-state index contributed by atoms with van der Waals surface area (Å²) in [6, 6.07) is 12.5. The molecule has 0 radical (unpaired) electrons. The van der Waals surface area contributed by atoms with Crippen LogP contribution in [0.25, 0.3) is 0 Å². The number of amides is 1. The molecule has 0 spiro atoms. The minimum Gasteiger partial charge on any atom is -0.493 e. The molecule has 5 heteroatoms. The summed E-state index contributed by atoms with van der Waals surface area (Å²) < 4.78 is 16.6. The van der Waals surface area contributed by atoms with E-state index in [0.717, 1.165) is 12.8 Å². The first-order valence-electron chi connectivity index (χ1n) is 8.53. The van der Waals surface area contributed by atoms with Gasteiger partial charge in [0, 0.05) is 5.56 Å². The Morgan fingerprint density at radius 1 is 1.00 bits per heavy atom. The van der Waals surface area contributed by atoms with Gasteiger partial charge in [-0.3, -0.25) is 4.79 Å². The van der Waals surface area contributed by atoms with Crippen molar-refractivity contribution in [2.75, 3.05) is 25.6 Å². The molecule has 0 aliphatic carbocycles. The van der Waals surface area contributed by atoms with Gasteiger partial charge in [0.15, 0.2) is 11.5 Å². The lowest BCUT2D eigenvalue weighted by Gasteiger charge is -2.13. The molecule has 0 atom stereocenters. The normalized spacial score (nSPS) is 10.2. The van der Waals surface area contributed by atoms with Crippen molar-refractivity contribution in [1.82, 2.24) is 0 Å². The number of carbonyl (C=O) groups is 1. The van der Waals surface area contributed by atoms with Gasteiger partial charge in [-0.1, -0.05) is 25.5 Å². The SMILES string of the molecule is CCCCOc1ccc(C(=O)Nc2ccccc2OCC)cc1OC. The third kappa shape index (κ3) is 5.14. The number of benzene rings is 2. The molecule has 134 valence electrons. The molecule has 0 fully saturated rings. The fraction of sp³-hybridized carbons (Fsp3) is 0.350. The van der Waals surface area contributed by atoms with Gasteiger partial charge in [-0.15, -0.1) is 0 Å². The van der Waals surface area contributed by atoms with Gasteiger partial charge in [-0.05, 0) is 43.7 Å². The molecule has 25 heavy (non-hydrogen) atoms. The van der Waals surface area contributed by atoms with Crippen molar-refractivity contribution in [3.05, 3.63) is 48.0 Å². The summed E-state index contributed by atoms with van der Waals surface area (Å²) >= 11 is 0. The number of carbonyl (C=O) groups excluding carboxylic acids is 1. The number of para-hydroxylation sites is 2. The first-order valence-corrected chi connectivity index (χ1v) is 8.53. The molecular weight excluding hydrogens is 318 g/mol. The molecule has 0 bridgehead atoms. The Bertz CT molecular complexity index is 700. The fourth-order valence-electron chi connectivity index (χ4n) is 2.30. The Labute approximate surface area is 148 Å². The average molecular weight is 343 g/mol. The predicted molar refractivity (Wildman–Crippen MR) is 99.0 cm³/mol. The van der Waals surface area contributed by atoms with E-state index in [9.17, 15) is 4.79 Å². The summed E-state index contributed by atoms with van der Waals surface area (Å²) in [6.45, 7) is 5.17. The van der Waals surface area contributed by atoms with Gasteiger partial charge in [-0.25, -0.2) is 0 Å². The van der Waals surface area contributed by atoms with Crippen LogP contribution in [-0.2, 0) is 0 Å². The molecular formula is C20H25NO4. The van der Waals surface area contributed by atoms with Crippen LogP contribution < -0.4 is 19.5 Å². The summed E-state index contributed by atoms with van der Waals surface area (Å²) in [7, 11) is 1.56. The highest BCUT2D eigenvalue weighted by Gasteiger charge is 2.13. The molecule has 1 amide bonds. The zero-order valence-electron chi connectivity index (χ0n) is 15.0. The summed E-state index contributed by atoms with van der Waals surface area (Å²) in [5.74, 6) is 1.60. The summed E-state index contributed by atoms with van der Waals surface area (Å²) in [5, 5.41) is 2.87. The van der Waals surface area contributed by atoms with E-state index in [4.69, 9.17) is 14.2 Å². The van der Waals surface area contributed by atoms with Crippen LogP contribution >= 0.6 is 0 Å². The highest BCUT2D eigenvalue weighted by molar-refractivity contribution is 6.05. The average Bonchev–Trinajstić information content (AvgIpc) is 2.64. The monoisotopic (exact) mass is 343 g/mol. The number of hydrogen-bond donors (Lipinski definition) is 1. The molecule has 5 nitrogen and oxygen atoms in total. The smallest absolute Gasteiger partial charge is 0.255 e. The number of nitrogens with one attached hydrogen (secondary N) is 1. The van der Waals surface area contributed by atoms with Gasteiger partial charge in [0.1, 0.15) is 5.75 Å². The standard InChI is InChI=1S/C20H25NO4/c1-4-6-13-25-18-12-11-15(14-19(18)23-3)20(22)21-16-9-7-8-10-17(16)24-5-2/h7-12,14H,4-6,13H2,1-3H3,(H,21,22). The van der Waals surface area contributed by atoms with Crippen molar-refractivity contribution in [2.24, 2.45) is 0 Å². The van der Waals surface area contributed by atoms with Crippen molar-refractivity contribution >= 4 is 11.6 Å². The zero-order valence-corrected chi connectivity index (χ0v) is 15.0. The maximum Gasteiger partial charge on any atom is 0.255 e. The molecule has 2 rings (SSSR count). The molecule has 0 saturated heterocycles. The largest absolute Gasteiger partial charge is 0.493 e. The second-order valence-corrected chi connectivity index (χ2v) is 5.45. The first kappa shape index (κ1) is 18.6. The van der Waals surface area contributed by atoms with E-state index < -0.39 is 0 Å². The maximum atomic E-state index is 12.5. The number of unbranched alkanes of at least 4 members (excludes halogenated alkanes) is 1. The van der Waals surface area contributed by atoms with Gasteiger partial charge in [0.25, 0.3) is 5.91 Å². The first-order chi connectivity index (χ1) is 12.2. The Hall–Kier alpha value is -2.69. The van der Waals surface area contributed by atoms with Gasteiger partial charge in [-0.2, -0.15) is 0 Å². The molecule has 0 aliphatic heterocycles. The van der Waals surface area contributed by atoms with Gasteiger partial charge < -0.3 is 19.5 Å². The molecule has 2 aromatic rings. The van der Waals surface area contributed by atoms with Gasteiger partial charge in [0.05, 0.1) is 26.0 Å². The highest BCUT2D eigenvalue weighted by atomic mass is 16.5. The quantitative estimate of drug-likeness (QED) is 0.680. The lowest BCUT2D eigenvalue weighted by Crippen LogP contribution is -2.13. The second kappa shape index (κ2) is 9.57. The Morgan fingerprint density at radius 3 is 2.52 bits per heavy atom. The van der Waals surface area contributed by atoms with Crippen LogP contribution in [0.5, 0.6) is 17.2 Å². The minimum absolute atomic E-state index is 0.231. The summed E-state index contributed by atoms with van der Waals surface area (Å²) in [5.41, 5.74) is 1.13. The Kier molecular flexibility index (Phi) is 7.14. The third-order valence-corrected chi connectivity index (χ3v) is 3.62. The molecule has 0 heterocycles. The number of rotatable bonds is 9. The van der Waals surface area contributed by atoms with Crippen molar-refractivity contribution < 1.29 is 19.0 Å². The van der Waals surface area contributed by atoms with Crippen LogP contribution in [0.4, 0.5) is 5.69 Å². The Morgan fingerprint density at radius 2 is 1.80 bits per heavy atom. The summed E-state index contributed by atoms with van der Waals surface area (Å²) in [6.07, 6.45) is 2.03. The van der Waals surface area contributed by atoms with E-state index in [2.05, 4.69) is 12.2 Å². The molecule has 1 N–H and O–H groups in total. The molecule has 0 aromatic heterocycles. The fourth-order valence-corrected chi connectivity index (χ4v) is 2.30.